The maximum absolute atomic E-state index is 12.4. The number of carbonyl (C=O) groups excluding carboxylic acids is 1. The number of carbonyl (C=O) groups is 1. The lowest BCUT2D eigenvalue weighted by Crippen LogP contribution is -2.31. The second-order valence-corrected chi connectivity index (χ2v) is 5.47. The van der Waals surface area contributed by atoms with Crippen LogP contribution in [0, 0.1) is 0 Å². The molecule has 0 fully saturated rings. The van der Waals surface area contributed by atoms with E-state index in [1.54, 1.807) is 6.33 Å². The zero-order chi connectivity index (χ0) is 15.1. The predicted octanol–water partition coefficient (Wildman–Crippen LogP) is 2.52. The van der Waals surface area contributed by atoms with Gasteiger partial charge in [-0.1, -0.05) is 18.2 Å². The van der Waals surface area contributed by atoms with E-state index < -0.39 is 6.10 Å². The number of anilines is 1. The molecule has 1 aliphatic heterocycles. The Morgan fingerprint density at radius 2 is 2.18 bits per heavy atom. The first-order valence-corrected chi connectivity index (χ1v) is 7.17. The standard InChI is InChI=1S/C17H15N3O2/c1-20-10-18-13-9-12(6-7-14(13)20)19-17(21)16-8-11-4-2-3-5-15(11)22-16/h2-7,9-10,16H,8H2,1H3,(H,19,21). The Bertz CT molecular complexity index is 844. The van der Waals surface area contributed by atoms with Gasteiger partial charge in [0.15, 0.2) is 6.10 Å². The number of para-hydroxylation sites is 1. The Kier molecular flexibility index (Phi) is 2.85. The highest BCUT2D eigenvalue weighted by atomic mass is 16.5. The van der Waals surface area contributed by atoms with Crippen LogP contribution in [0.1, 0.15) is 5.56 Å². The summed E-state index contributed by atoms with van der Waals surface area (Å²) >= 11 is 0. The van der Waals surface area contributed by atoms with E-state index >= 15 is 0 Å². The van der Waals surface area contributed by atoms with Crippen molar-refractivity contribution in [2.24, 2.45) is 7.05 Å². The van der Waals surface area contributed by atoms with E-state index in [0.717, 1.165) is 28.0 Å². The highest BCUT2D eigenvalue weighted by molar-refractivity contribution is 5.96. The number of hydrogen-bond donors (Lipinski definition) is 1. The lowest BCUT2D eigenvalue weighted by Gasteiger charge is -2.11. The smallest absolute Gasteiger partial charge is 0.265 e. The number of benzene rings is 2. The van der Waals surface area contributed by atoms with Crippen LogP contribution in [0.25, 0.3) is 11.0 Å². The van der Waals surface area contributed by atoms with E-state index in [4.69, 9.17) is 4.74 Å². The van der Waals surface area contributed by atoms with Crippen LogP contribution in [0.5, 0.6) is 5.75 Å². The van der Waals surface area contributed by atoms with Crippen molar-refractivity contribution < 1.29 is 9.53 Å². The molecule has 0 bridgehead atoms. The number of rotatable bonds is 2. The largest absolute Gasteiger partial charge is 0.480 e. The van der Waals surface area contributed by atoms with Gasteiger partial charge >= 0.3 is 0 Å². The van der Waals surface area contributed by atoms with Crippen LogP contribution in [-0.4, -0.2) is 21.6 Å². The summed E-state index contributed by atoms with van der Waals surface area (Å²) in [4.78, 5) is 16.7. The van der Waals surface area contributed by atoms with Crippen LogP contribution in [0.2, 0.25) is 0 Å². The molecule has 1 atom stereocenters. The van der Waals surface area contributed by atoms with Crippen molar-refractivity contribution in [1.29, 1.82) is 0 Å². The van der Waals surface area contributed by atoms with Crippen LogP contribution in [-0.2, 0) is 18.3 Å². The van der Waals surface area contributed by atoms with Gasteiger partial charge in [0.25, 0.3) is 5.91 Å². The lowest BCUT2D eigenvalue weighted by atomic mass is 10.1. The zero-order valence-electron chi connectivity index (χ0n) is 12.1. The number of fused-ring (bicyclic) bond motifs is 2. The van der Waals surface area contributed by atoms with Crippen molar-refractivity contribution in [3.63, 3.8) is 0 Å². The van der Waals surface area contributed by atoms with Gasteiger partial charge in [0.1, 0.15) is 5.75 Å². The molecule has 22 heavy (non-hydrogen) atoms. The van der Waals surface area contributed by atoms with Crippen LogP contribution in [0.3, 0.4) is 0 Å². The van der Waals surface area contributed by atoms with E-state index in [9.17, 15) is 4.79 Å². The van der Waals surface area contributed by atoms with Gasteiger partial charge in [-0.2, -0.15) is 0 Å². The highest BCUT2D eigenvalue weighted by Gasteiger charge is 2.28. The normalized spacial score (nSPS) is 16.3. The Balaban J connectivity index is 1.52. The molecule has 5 heteroatoms. The van der Waals surface area contributed by atoms with E-state index in [1.165, 1.54) is 0 Å². The molecule has 1 N–H and O–H groups in total. The Hall–Kier alpha value is -2.82. The third kappa shape index (κ3) is 2.11. The third-order valence-electron chi connectivity index (χ3n) is 3.93. The number of nitrogens with zero attached hydrogens (tertiary/aromatic N) is 2. The van der Waals surface area contributed by atoms with Gasteiger partial charge in [-0.05, 0) is 29.8 Å². The predicted molar refractivity (Wildman–Crippen MR) is 83.9 cm³/mol. The molecule has 0 saturated carbocycles. The van der Waals surface area contributed by atoms with Gasteiger partial charge in [0.05, 0.1) is 17.4 Å². The van der Waals surface area contributed by atoms with Crippen molar-refractivity contribution in [2.45, 2.75) is 12.5 Å². The van der Waals surface area contributed by atoms with Gasteiger partial charge in [-0.3, -0.25) is 4.79 Å². The molecule has 0 spiro atoms. The molecule has 110 valence electrons. The van der Waals surface area contributed by atoms with Crippen LogP contribution < -0.4 is 10.1 Å². The molecular formula is C17H15N3O2. The minimum Gasteiger partial charge on any atom is -0.480 e. The van der Waals surface area contributed by atoms with Crippen LogP contribution in [0.4, 0.5) is 5.69 Å². The average Bonchev–Trinajstić information content (AvgIpc) is 3.11. The number of hydrogen-bond acceptors (Lipinski definition) is 3. The minimum atomic E-state index is -0.475. The Labute approximate surface area is 127 Å². The molecule has 1 aliphatic rings. The molecular weight excluding hydrogens is 278 g/mol. The van der Waals surface area contributed by atoms with Crippen LogP contribution in [0.15, 0.2) is 48.8 Å². The summed E-state index contributed by atoms with van der Waals surface area (Å²) in [6, 6.07) is 13.4. The number of aryl methyl sites for hydroxylation is 1. The zero-order valence-corrected chi connectivity index (χ0v) is 12.1. The summed E-state index contributed by atoms with van der Waals surface area (Å²) in [5, 5.41) is 2.91. The van der Waals surface area contributed by atoms with Gasteiger partial charge < -0.3 is 14.6 Å². The molecule has 0 radical (unpaired) electrons. The summed E-state index contributed by atoms with van der Waals surface area (Å²) < 4.78 is 7.64. The van der Waals surface area contributed by atoms with Gasteiger partial charge in [-0.15, -0.1) is 0 Å². The Morgan fingerprint density at radius 3 is 3.05 bits per heavy atom. The molecule has 1 unspecified atom stereocenters. The molecule has 2 aromatic carbocycles. The third-order valence-corrected chi connectivity index (χ3v) is 3.93. The van der Waals surface area contributed by atoms with Gasteiger partial charge in [0.2, 0.25) is 0 Å². The summed E-state index contributed by atoms with van der Waals surface area (Å²) in [7, 11) is 1.94. The maximum atomic E-state index is 12.4. The molecule has 3 aromatic rings. The fourth-order valence-corrected chi connectivity index (χ4v) is 2.76. The Morgan fingerprint density at radius 1 is 1.32 bits per heavy atom. The van der Waals surface area contributed by atoms with Crippen molar-refractivity contribution in [3.8, 4) is 5.75 Å². The average molecular weight is 293 g/mol. The fraction of sp³-hybridized carbons (Fsp3) is 0.176. The number of aromatic nitrogens is 2. The lowest BCUT2D eigenvalue weighted by molar-refractivity contribution is -0.122. The number of amides is 1. The SMILES string of the molecule is Cn1cnc2cc(NC(=O)C3Cc4ccccc4O3)ccc21. The summed E-state index contributed by atoms with van der Waals surface area (Å²) in [6.45, 7) is 0. The molecule has 0 saturated heterocycles. The molecule has 5 nitrogen and oxygen atoms in total. The monoisotopic (exact) mass is 293 g/mol. The van der Waals surface area contributed by atoms with Gasteiger partial charge in [0, 0.05) is 19.2 Å². The topological polar surface area (TPSA) is 56.2 Å². The molecule has 1 amide bonds. The van der Waals surface area contributed by atoms with E-state index in [1.807, 2.05) is 54.1 Å². The fourth-order valence-electron chi connectivity index (χ4n) is 2.76. The first-order chi connectivity index (χ1) is 10.7. The number of imidazole rings is 1. The second-order valence-electron chi connectivity index (χ2n) is 5.47. The molecule has 0 aliphatic carbocycles. The van der Waals surface area contributed by atoms with Gasteiger partial charge in [-0.25, -0.2) is 4.98 Å². The maximum Gasteiger partial charge on any atom is 0.265 e. The van der Waals surface area contributed by atoms with Crippen LogP contribution >= 0.6 is 0 Å². The quantitative estimate of drug-likeness (QED) is 0.790. The minimum absolute atomic E-state index is 0.133. The highest BCUT2D eigenvalue weighted by Crippen LogP contribution is 2.28. The van der Waals surface area contributed by atoms with Crippen molar-refractivity contribution in [2.75, 3.05) is 5.32 Å². The van der Waals surface area contributed by atoms with E-state index in [-0.39, 0.29) is 5.91 Å². The molecule has 2 heterocycles. The molecule has 1 aromatic heterocycles. The van der Waals surface area contributed by atoms with Crippen molar-refractivity contribution in [1.82, 2.24) is 9.55 Å². The molecule has 4 rings (SSSR count). The number of nitrogens with one attached hydrogen (secondary N) is 1. The van der Waals surface area contributed by atoms with E-state index in [2.05, 4.69) is 10.3 Å². The summed E-state index contributed by atoms with van der Waals surface area (Å²) in [6.07, 6.45) is 1.89. The number of ether oxygens (including phenoxy) is 1. The second kappa shape index (κ2) is 4.87. The first-order valence-electron chi connectivity index (χ1n) is 7.17. The van der Waals surface area contributed by atoms with E-state index in [0.29, 0.717) is 6.42 Å². The van der Waals surface area contributed by atoms with Crippen molar-refractivity contribution in [3.05, 3.63) is 54.4 Å². The summed E-state index contributed by atoms with van der Waals surface area (Å²) in [5.41, 5.74) is 3.69. The first kappa shape index (κ1) is 12.9. The van der Waals surface area contributed by atoms with Crippen molar-refractivity contribution >= 4 is 22.6 Å². The summed E-state index contributed by atoms with van der Waals surface area (Å²) in [5.74, 6) is 0.661.